The van der Waals surface area contributed by atoms with Gasteiger partial charge in [0.25, 0.3) is 0 Å². The Morgan fingerprint density at radius 2 is 2.64 bits per heavy atom. The maximum absolute atomic E-state index is 10.9. The number of carbonyl (C=O) groups excluding carboxylic acids is 1. The minimum atomic E-state index is -0.600. The van der Waals surface area contributed by atoms with Crippen LogP contribution in [0.15, 0.2) is 10.9 Å². The Balaban J connectivity index is 2.18. The number of rotatable bonds is 5. The van der Waals surface area contributed by atoms with Gasteiger partial charge in [0.15, 0.2) is 5.82 Å². The topological polar surface area (TPSA) is 91.2 Å². The summed E-state index contributed by atoms with van der Waals surface area (Å²) >= 11 is 1.45. The van der Waals surface area contributed by atoms with Gasteiger partial charge in [0.05, 0.1) is 12.9 Å². The number of nitrogens with zero attached hydrogens (tertiary/aromatic N) is 2. The zero-order chi connectivity index (χ0) is 10.4. The summed E-state index contributed by atoms with van der Waals surface area (Å²) in [6.07, 6.45) is 1.26. The molecule has 78 valence electrons. The van der Waals surface area contributed by atoms with Gasteiger partial charge in [-0.25, -0.2) is 0 Å². The van der Waals surface area contributed by atoms with Crippen LogP contribution in [-0.4, -0.2) is 35.0 Å². The van der Waals surface area contributed by atoms with Gasteiger partial charge in [-0.05, 0) is 0 Å². The summed E-state index contributed by atoms with van der Waals surface area (Å²) in [4.78, 5) is 14.7. The van der Waals surface area contributed by atoms with Gasteiger partial charge in [0, 0.05) is 5.75 Å². The van der Waals surface area contributed by atoms with E-state index in [1.54, 1.807) is 0 Å². The normalized spacial score (nSPS) is 12.4. The second-order valence-corrected chi connectivity index (χ2v) is 3.52. The molecule has 2 N–H and O–H groups in total. The second kappa shape index (κ2) is 5.61. The molecule has 1 unspecified atom stereocenters. The number of thioether (sulfide) groups is 1. The van der Waals surface area contributed by atoms with Crippen molar-refractivity contribution in [3.63, 3.8) is 0 Å². The first kappa shape index (κ1) is 11.0. The minimum absolute atomic E-state index is 0.411. The Morgan fingerprint density at radius 1 is 1.86 bits per heavy atom. The molecule has 1 atom stereocenters. The molecule has 0 aliphatic carbocycles. The lowest BCUT2D eigenvalue weighted by molar-refractivity contribution is -0.141. The van der Waals surface area contributed by atoms with Gasteiger partial charge < -0.3 is 15.0 Å². The van der Waals surface area contributed by atoms with Gasteiger partial charge >= 0.3 is 5.97 Å². The van der Waals surface area contributed by atoms with Crippen LogP contribution in [0.2, 0.25) is 0 Å². The molecule has 0 fully saturated rings. The Morgan fingerprint density at radius 3 is 3.21 bits per heavy atom. The van der Waals surface area contributed by atoms with Crippen LogP contribution < -0.4 is 5.73 Å². The summed E-state index contributed by atoms with van der Waals surface area (Å²) in [5.74, 6) is 1.22. The van der Waals surface area contributed by atoms with Crippen molar-refractivity contribution in [2.75, 3.05) is 12.9 Å². The van der Waals surface area contributed by atoms with Gasteiger partial charge in [-0.1, -0.05) is 5.16 Å². The Bertz CT molecular complexity index is 278. The summed E-state index contributed by atoms with van der Waals surface area (Å²) in [5, 5.41) is 3.61. The number of aromatic nitrogens is 2. The van der Waals surface area contributed by atoms with E-state index < -0.39 is 12.0 Å². The van der Waals surface area contributed by atoms with Crippen molar-refractivity contribution in [3.05, 3.63) is 12.2 Å². The summed E-state index contributed by atoms with van der Waals surface area (Å²) in [7, 11) is 1.31. The average Bonchev–Trinajstić information content (AvgIpc) is 2.69. The molecule has 0 radical (unpaired) electrons. The van der Waals surface area contributed by atoms with E-state index in [0.29, 0.717) is 17.3 Å². The molecule has 0 aliphatic heterocycles. The van der Waals surface area contributed by atoms with Crippen molar-refractivity contribution in [3.8, 4) is 0 Å². The van der Waals surface area contributed by atoms with E-state index in [1.807, 2.05) is 0 Å². The smallest absolute Gasteiger partial charge is 0.323 e. The maximum Gasteiger partial charge on any atom is 0.323 e. The molecule has 1 aromatic rings. The van der Waals surface area contributed by atoms with Crippen molar-refractivity contribution in [2.24, 2.45) is 5.73 Å². The van der Waals surface area contributed by atoms with Gasteiger partial charge in [-0.15, -0.1) is 0 Å². The molecule has 0 spiro atoms. The molecule has 1 rings (SSSR count). The molecule has 14 heavy (non-hydrogen) atoms. The van der Waals surface area contributed by atoms with Crippen LogP contribution in [-0.2, 0) is 15.3 Å². The highest BCUT2D eigenvalue weighted by molar-refractivity contribution is 7.98. The van der Waals surface area contributed by atoms with Gasteiger partial charge in [-0.2, -0.15) is 16.7 Å². The van der Waals surface area contributed by atoms with E-state index >= 15 is 0 Å². The lowest BCUT2D eigenvalue weighted by Gasteiger charge is -2.06. The maximum atomic E-state index is 10.9. The van der Waals surface area contributed by atoms with Crippen LogP contribution in [0.4, 0.5) is 0 Å². The lowest BCUT2D eigenvalue weighted by atomic mass is 10.4. The number of carbonyl (C=O) groups is 1. The third kappa shape index (κ3) is 3.35. The predicted octanol–water partition coefficient (Wildman–Crippen LogP) is -0.197. The summed E-state index contributed by atoms with van der Waals surface area (Å²) in [6.45, 7) is 0. The van der Waals surface area contributed by atoms with Crippen molar-refractivity contribution < 1.29 is 14.1 Å². The Hall–Kier alpha value is -1.08. The summed E-state index contributed by atoms with van der Waals surface area (Å²) in [6, 6.07) is -0.600. The number of methoxy groups -OCH3 is 1. The zero-order valence-electron chi connectivity index (χ0n) is 7.67. The van der Waals surface area contributed by atoms with Crippen molar-refractivity contribution >= 4 is 17.7 Å². The van der Waals surface area contributed by atoms with Crippen LogP contribution in [0.3, 0.4) is 0 Å². The molecule has 1 aromatic heterocycles. The Labute approximate surface area is 85.2 Å². The highest BCUT2D eigenvalue weighted by Crippen LogP contribution is 2.08. The van der Waals surface area contributed by atoms with Crippen molar-refractivity contribution in [1.82, 2.24) is 10.1 Å². The minimum Gasteiger partial charge on any atom is -0.468 e. The van der Waals surface area contributed by atoms with E-state index in [9.17, 15) is 4.79 Å². The van der Waals surface area contributed by atoms with E-state index in [1.165, 1.54) is 25.3 Å². The van der Waals surface area contributed by atoms with Crippen LogP contribution in [0.1, 0.15) is 5.82 Å². The summed E-state index contributed by atoms with van der Waals surface area (Å²) < 4.78 is 9.02. The number of hydrogen-bond acceptors (Lipinski definition) is 7. The molecule has 1 heterocycles. The van der Waals surface area contributed by atoms with Crippen LogP contribution in [0.5, 0.6) is 0 Å². The second-order valence-electron chi connectivity index (χ2n) is 2.49. The van der Waals surface area contributed by atoms with E-state index in [-0.39, 0.29) is 0 Å². The number of ether oxygens (including phenoxy) is 1. The molecule has 0 aliphatic rings. The molecule has 6 nitrogen and oxygen atoms in total. The van der Waals surface area contributed by atoms with Gasteiger partial charge in [0.2, 0.25) is 6.39 Å². The van der Waals surface area contributed by atoms with Crippen molar-refractivity contribution in [1.29, 1.82) is 0 Å². The first-order valence-corrected chi connectivity index (χ1v) is 5.06. The van der Waals surface area contributed by atoms with Gasteiger partial charge in [0.1, 0.15) is 6.04 Å². The Kier molecular flexibility index (Phi) is 4.41. The predicted molar refractivity (Wildman–Crippen MR) is 50.5 cm³/mol. The fourth-order valence-electron chi connectivity index (χ4n) is 0.753. The zero-order valence-corrected chi connectivity index (χ0v) is 8.49. The lowest BCUT2D eigenvalue weighted by Crippen LogP contribution is -2.33. The monoisotopic (exact) mass is 217 g/mol. The first-order chi connectivity index (χ1) is 6.74. The number of nitrogens with two attached hydrogens (primary N) is 1. The average molecular weight is 217 g/mol. The molecule has 0 bridgehead atoms. The highest BCUT2D eigenvalue weighted by Gasteiger charge is 2.13. The van der Waals surface area contributed by atoms with E-state index in [0.717, 1.165) is 0 Å². The molecule has 7 heteroatoms. The highest BCUT2D eigenvalue weighted by atomic mass is 32.2. The van der Waals surface area contributed by atoms with Gasteiger partial charge in [-0.3, -0.25) is 4.79 Å². The van der Waals surface area contributed by atoms with Crippen molar-refractivity contribution in [2.45, 2.75) is 11.8 Å². The van der Waals surface area contributed by atoms with Crippen LogP contribution >= 0.6 is 11.8 Å². The van der Waals surface area contributed by atoms with Crippen LogP contribution in [0, 0.1) is 0 Å². The fourth-order valence-corrected chi connectivity index (χ4v) is 1.57. The fraction of sp³-hybridized carbons (Fsp3) is 0.571. The molecule has 0 saturated heterocycles. The largest absolute Gasteiger partial charge is 0.468 e. The van der Waals surface area contributed by atoms with E-state index in [4.69, 9.17) is 5.73 Å². The first-order valence-electron chi connectivity index (χ1n) is 3.90. The molecular weight excluding hydrogens is 206 g/mol. The standard InChI is InChI=1S/C7H11N3O3S/c1-12-7(11)5(8)2-14-3-6-9-4-13-10-6/h4-5H,2-3,8H2,1H3. The number of esters is 1. The SMILES string of the molecule is COC(=O)C(N)CSCc1ncon1. The molecule has 0 amide bonds. The quantitative estimate of drug-likeness (QED) is 0.683. The third-order valence-corrected chi connectivity index (χ3v) is 2.50. The van der Waals surface area contributed by atoms with Crippen LogP contribution in [0.25, 0.3) is 0 Å². The number of hydrogen-bond donors (Lipinski definition) is 1. The third-order valence-electron chi connectivity index (χ3n) is 1.44. The van der Waals surface area contributed by atoms with E-state index in [2.05, 4.69) is 19.4 Å². The summed E-state index contributed by atoms with van der Waals surface area (Å²) in [5.41, 5.74) is 5.51. The molecule has 0 saturated carbocycles. The molecule has 0 aromatic carbocycles. The molecular formula is C7H11N3O3S.